The fourth-order valence-corrected chi connectivity index (χ4v) is 21.7. The maximum Gasteiger partial charge on any atom is 0.260 e. The van der Waals surface area contributed by atoms with Crippen LogP contribution in [-0.4, -0.2) is 20.1 Å². The van der Waals surface area contributed by atoms with Crippen molar-refractivity contribution in [2.75, 3.05) is 0 Å². The Hall–Kier alpha value is -15.8. The average molecular weight is 1680 g/mol. The molecule has 0 saturated heterocycles. The molecule has 0 atom stereocenters. The first-order chi connectivity index (χ1) is 64.3. The summed E-state index contributed by atoms with van der Waals surface area (Å²) in [4.78, 5) is 0. The molecule has 0 N–H and O–H groups in total. The Morgan fingerprint density at radius 2 is 0.374 bits per heavy atom. The van der Waals surface area contributed by atoms with Gasteiger partial charge in [-0.25, -0.2) is 0 Å². The number of hydrogen-bond donors (Lipinski definition) is 0. The molecule has 0 aliphatic carbocycles. The SMILES string of the molecule is CC(C)(C)c1ccc(-c2c3ccccc3c(-c3ccc4c(c3)B3c5ccccc5Oc5cccc(c53)O4)c3ccccc23)cc1.CC(C)(C)c1ccc(-c2c3ccccc3c(-c3ccc4c(c3)Oc3cccc5c3B4c3ccccc3O5)c3ccccc23)cc1.c1ccc(-c2c3ccccc3c(-c3cc4c5c(c3)Oc3ccccc3B5c3ccccc3O4)c3ccccc23)cc1. The third-order valence-corrected chi connectivity index (χ3v) is 27.7. The minimum absolute atomic E-state index is 0.0305. The minimum Gasteiger partial charge on any atom is -0.458 e. The van der Waals surface area contributed by atoms with E-state index in [0.29, 0.717) is 0 Å². The molecule has 21 aromatic rings. The fraction of sp³-hybridized carbons (Fsp3) is 0.0656. The van der Waals surface area contributed by atoms with Gasteiger partial charge in [-0.15, -0.1) is 0 Å². The highest BCUT2D eigenvalue weighted by molar-refractivity contribution is 6.99. The van der Waals surface area contributed by atoms with E-state index in [4.69, 9.17) is 28.4 Å². The number of para-hydroxylation sites is 4. The van der Waals surface area contributed by atoms with E-state index >= 15 is 0 Å². The van der Waals surface area contributed by atoms with Crippen LogP contribution in [0.5, 0.6) is 69.0 Å². The van der Waals surface area contributed by atoms with Crippen LogP contribution < -0.4 is 77.6 Å². The van der Waals surface area contributed by atoms with Gasteiger partial charge in [-0.05, 0) is 259 Å². The molecule has 21 aromatic carbocycles. The van der Waals surface area contributed by atoms with Crippen molar-refractivity contribution in [1.82, 2.24) is 0 Å². The quantitative estimate of drug-likeness (QED) is 0.122. The number of benzene rings is 21. The molecule has 0 aromatic heterocycles. The lowest BCUT2D eigenvalue weighted by Gasteiger charge is -2.33. The van der Waals surface area contributed by atoms with Crippen molar-refractivity contribution in [3.05, 3.63) is 418 Å². The smallest absolute Gasteiger partial charge is 0.260 e. The van der Waals surface area contributed by atoms with Crippen LogP contribution in [0.3, 0.4) is 0 Å². The minimum atomic E-state index is 0.0305. The van der Waals surface area contributed by atoms with Crippen LogP contribution in [0.4, 0.5) is 0 Å². The Bertz CT molecular complexity index is 8080. The standard InChI is InChI=1S/2C42H31BO2.C38H23BO2/c1-42(2,3)28-22-19-26(20-23-28)39-29-11-4-6-13-31(29)40(32-14-7-5-12-30(32)39)27-21-24-36-34(25-27)43-33-15-8-9-16-35(33)44-37-17-10-18-38(45-36)41(37)43;1-42(2,3)28-22-19-26(20-23-28)39-29-11-4-6-13-31(29)40(32-14-7-5-12-30(32)39)27-21-24-34-38(25-27)45-37-18-10-17-36-41(37)43(34)33-15-8-9-16-35(33)44-36;1-2-12-24(13-3-1)36-26-14-4-6-16-28(26)37(29-17-7-5-15-27(29)36)25-22-34-38-35(23-25)41-33-21-11-9-19-31(33)39(38)30-18-8-10-20-32(30)40-34/h2*4-25H,1-3H3;1-23H. The van der Waals surface area contributed by atoms with Crippen molar-refractivity contribution in [3.8, 4) is 136 Å². The topological polar surface area (TPSA) is 55.4 Å². The third-order valence-electron chi connectivity index (χ3n) is 27.7. The molecule has 618 valence electrons. The fourth-order valence-electron chi connectivity index (χ4n) is 21.7. The molecule has 9 heteroatoms. The lowest BCUT2D eigenvalue weighted by Crippen LogP contribution is -2.57. The van der Waals surface area contributed by atoms with Gasteiger partial charge in [0.05, 0.1) is 0 Å². The molecule has 0 amide bonds. The molecule has 6 aliphatic rings. The third kappa shape index (κ3) is 12.7. The Morgan fingerprint density at radius 3 is 0.718 bits per heavy atom. The second kappa shape index (κ2) is 30.4. The van der Waals surface area contributed by atoms with Gasteiger partial charge in [0.1, 0.15) is 69.0 Å². The van der Waals surface area contributed by atoms with Gasteiger partial charge in [0, 0.05) is 16.4 Å². The van der Waals surface area contributed by atoms with Crippen LogP contribution >= 0.6 is 0 Å². The first kappa shape index (κ1) is 77.5. The van der Waals surface area contributed by atoms with E-state index in [0.717, 1.165) is 96.5 Å². The number of hydrogen-bond acceptors (Lipinski definition) is 6. The molecule has 0 unspecified atom stereocenters. The van der Waals surface area contributed by atoms with Crippen molar-refractivity contribution < 1.29 is 28.4 Å². The number of fused-ring (bicyclic) bond motifs is 18. The summed E-state index contributed by atoms with van der Waals surface area (Å²) in [7, 11) is 0. The van der Waals surface area contributed by atoms with Crippen molar-refractivity contribution in [1.29, 1.82) is 0 Å². The van der Waals surface area contributed by atoms with E-state index in [-0.39, 0.29) is 31.0 Å². The molecule has 6 heterocycles. The van der Waals surface area contributed by atoms with Crippen LogP contribution in [0.15, 0.2) is 406 Å². The van der Waals surface area contributed by atoms with E-state index in [1.807, 2.05) is 54.6 Å². The summed E-state index contributed by atoms with van der Waals surface area (Å²) >= 11 is 0. The van der Waals surface area contributed by atoms with E-state index in [9.17, 15) is 0 Å². The molecular weight excluding hydrogens is 1590 g/mol. The van der Waals surface area contributed by atoms with Crippen molar-refractivity contribution in [2.45, 2.75) is 52.4 Å². The highest BCUT2D eigenvalue weighted by Crippen LogP contribution is 2.51. The molecule has 0 spiro atoms. The van der Waals surface area contributed by atoms with Gasteiger partial charge in [0.2, 0.25) is 0 Å². The Labute approximate surface area is 762 Å². The van der Waals surface area contributed by atoms with E-state index in [2.05, 4.69) is 393 Å². The molecular formula is C122H85B3O6. The monoisotopic (exact) mass is 1680 g/mol. The Balaban J connectivity index is 0.000000106. The first-order valence-corrected chi connectivity index (χ1v) is 45.5. The number of rotatable bonds is 6. The Kier molecular flexibility index (Phi) is 18.0. The second-order valence-electron chi connectivity index (χ2n) is 37.3. The van der Waals surface area contributed by atoms with Crippen LogP contribution in [0, 0.1) is 0 Å². The normalized spacial score (nSPS) is 13.0. The van der Waals surface area contributed by atoms with E-state index < -0.39 is 0 Å². The predicted octanol–water partition coefficient (Wildman–Crippen LogP) is 26.8. The maximum atomic E-state index is 6.68. The molecule has 131 heavy (non-hydrogen) atoms. The molecule has 0 saturated carbocycles. The maximum absolute atomic E-state index is 6.68. The molecule has 0 bridgehead atoms. The first-order valence-electron chi connectivity index (χ1n) is 45.5. The van der Waals surface area contributed by atoms with Crippen molar-refractivity contribution >= 4 is 134 Å². The molecule has 0 radical (unpaired) electrons. The molecule has 0 fully saturated rings. The summed E-state index contributed by atoms with van der Waals surface area (Å²) < 4.78 is 39.2. The molecule has 27 rings (SSSR count). The Morgan fingerprint density at radius 1 is 0.153 bits per heavy atom. The van der Waals surface area contributed by atoms with Crippen molar-refractivity contribution in [3.63, 3.8) is 0 Å². The zero-order valence-electron chi connectivity index (χ0n) is 73.4. The largest absolute Gasteiger partial charge is 0.458 e. The van der Waals surface area contributed by atoms with Crippen LogP contribution in [0.1, 0.15) is 52.7 Å². The van der Waals surface area contributed by atoms with Gasteiger partial charge in [-0.2, -0.15) is 0 Å². The lowest BCUT2D eigenvalue weighted by atomic mass is 9.35. The zero-order chi connectivity index (χ0) is 87.5. The summed E-state index contributed by atoms with van der Waals surface area (Å²) in [5.41, 5.74) is 27.8. The summed E-state index contributed by atoms with van der Waals surface area (Å²) in [5, 5.41) is 14.9. The van der Waals surface area contributed by atoms with Crippen LogP contribution in [0.2, 0.25) is 0 Å². The van der Waals surface area contributed by atoms with Gasteiger partial charge in [0.25, 0.3) is 20.1 Å². The van der Waals surface area contributed by atoms with Gasteiger partial charge in [-0.1, -0.05) is 375 Å². The predicted molar refractivity (Wildman–Crippen MR) is 547 cm³/mol. The summed E-state index contributed by atoms with van der Waals surface area (Å²) in [6.45, 7) is 13.8. The van der Waals surface area contributed by atoms with Crippen LogP contribution in [0.25, 0.3) is 131 Å². The highest BCUT2D eigenvalue weighted by Gasteiger charge is 2.44. The summed E-state index contributed by atoms with van der Waals surface area (Å²) in [6.07, 6.45) is 0. The lowest BCUT2D eigenvalue weighted by molar-refractivity contribution is 0.464. The highest BCUT2D eigenvalue weighted by atomic mass is 16.5. The van der Waals surface area contributed by atoms with E-state index in [1.54, 1.807) is 0 Å². The second-order valence-corrected chi connectivity index (χ2v) is 37.3. The van der Waals surface area contributed by atoms with Gasteiger partial charge >= 0.3 is 0 Å². The van der Waals surface area contributed by atoms with Gasteiger partial charge in [0.15, 0.2) is 0 Å². The zero-order valence-corrected chi connectivity index (χ0v) is 73.4. The van der Waals surface area contributed by atoms with Gasteiger partial charge < -0.3 is 28.4 Å². The average Bonchev–Trinajstić information content (AvgIpc) is 0.704. The summed E-state index contributed by atoms with van der Waals surface area (Å²) in [5.74, 6) is 10.6. The molecule has 6 nitrogen and oxygen atoms in total. The van der Waals surface area contributed by atoms with Crippen molar-refractivity contribution in [2.24, 2.45) is 0 Å². The van der Waals surface area contributed by atoms with E-state index in [1.165, 1.54) is 164 Å². The van der Waals surface area contributed by atoms with Gasteiger partial charge in [-0.3, -0.25) is 0 Å². The molecule has 6 aliphatic heterocycles. The van der Waals surface area contributed by atoms with Crippen LogP contribution in [-0.2, 0) is 10.8 Å². The number of ether oxygens (including phenoxy) is 6. The summed E-state index contributed by atoms with van der Waals surface area (Å²) in [6, 6.07) is 146.